The van der Waals surface area contributed by atoms with Gasteiger partial charge in [-0.25, -0.2) is 0 Å². The van der Waals surface area contributed by atoms with Crippen molar-refractivity contribution < 1.29 is 9.59 Å². The normalized spacial score (nSPS) is 21.6. The van der Waals surface area contributed by atoms with E-state index in [1.54, 1.807) is 0 Å². The van der Waals surface area contributed by atoms with Gasteiger partial charge in [0, 0.05) is 43.0 Å². The van der Waals surface area contributed by atoms with Crippen LogP contribution in [0.3, 0.4) is 0 Å². The Kier molecular flexibility index (Phi) is 3.79. The number of nitrogens with one attached hydrogen (secondary N) is 3. The number of hydrogen-bond donors (Lipinski definition) is 3. The second kappa shape index (κ2) is 5.73. The number of carbonyl (C=O) groups excluding carboxylic acids is 2. The first-order valence-electron chi connectivity index (χ1n) is 7.39. The number of likely N-dealkylation sites (N-methyl/N-ethyl adjacent to an activating group) is 1. The van der Waals surface area contributed by atoms with Crippen LogP contribution in [0.2, 0.25) is 0 Å². The smallest absolute Gasteiger partial charge is 0.246 e. The molecule has 0 spiro atoms. The Morgan fingerprint density at radius 3 is 3.00 bits per heavy atom. The monoisotopic (exact) mass is 288 g/mol. The molecular weight excluding hydrogens is 268 g/mol. The Labute approximate surface area is 123 Å². The second-order valence-corrected chi connectivity index (χ2v) is 5.34. The Balaban J connectivity index is 1.82. The Morgan fingerprint density at radius 2 is 2.19 bits per heavy atom. The fourth-order valence-corrected chi connectivity index (χ4v) is 2.88. The van der Waals surface area contributed by atoms with Crippen molar-refractivity contribution >= 4 is 23.2 Å². The van der Waals surface area contributed by atoms with Crippen LogP contribution in [-0.4, -0.2) is 38.0 Å². The predicted octanol–water partition coefficient (Wildman–Crippen LogP) is 0.616. The van der Waals surface area contributed by atoms with E-state index in [0.717, 1.165) is 30.0 Å². The van der Waals surface area contributed by atoms with Gasteiger partial charge in [0.1, 0.15) is 6.04 Å². The zero-order valence-electron chi connectivity index (χ0n) is 12.1. The largest absolute Gasteiger partial charge is 0.369 e. The van der Waals surface area contributed by atoms with Crippen LogP contribution in [0.25, 0.3) is 0 Å². The number of amides is 2. The maximum absolute atomic E-state index is 12.0. The third-order valence-electron chi connectivity index (χ3n) is 3.95. The van der Waals surface area contributed by atoms with E-state index in [-0.39, 0.29) is 17.9 Å². The van der Waals surface area contributed by atoms with Gasteiger partial charge in [0.05, 0.1) is 0 Å². The highest BCUT2D eigenvalue weighted by Gasteiger charge is 2.30. The molecule has 0 saturated carbocycles. The molecule has 3 N–H and O–H groups in total. The highest BCUT2D eigenvalue weighted by Crippen LogP contribution is 2.34. The van der Waals surface area contributed by atoms with Crippen molar-refractivity contribution in [2.75, 3.05) is 36.4 Å². The lowest BCUT2D eigenvalue weighted by atomic mass is 10.1. The molecule has 0 radical (unpaired) electrons. The van der Waals surface area contributed by atoms with Crippen LogP contribution in [0.5, 0.6) is 0 Å². The van der Waals surface area contributed by atoms with E-state index in [1.165, 1.54) is 0 Å². The summed E-state index contributed by atoms with van der Waals surface area (Å²) in [7, 11) is 0. The number of hydrogen-bond acceptors (Lipinski definition) is 4. The van der Waals surface area contributed by atoms with E-state index in [4.69, 9.17) is 0 Å². The quantitative estimate of drug-likeness (QED) is 0.762. The number of benzene rings is 1. The molecule has 1 aromatic carbocycles. The highest BCUT2D eigenvalue weighted by atomic mass is 16.2. The summed E-state index contributed by atoms with van der Waals surface area (Å²) in [5.74, 6) is 0.0934. The van der Waals surface area contributed by atoms with E-state index in [0.29, 0.717) is 19.5 Å². The number of fused-ring (bicyclic) bond motifs is 1. The van der Waals surface area contributed by atoms with Crippen LogP contribution < -0.4 is 20.9 Å². The van der Waals surface area contributed by atoms with Crippen molar-refractivity contribution in [3.63, 3.8) is 0 Å². The van der Waals surface area contributed by atoms with Gasteiger partial charge in [-0.1, -0.05) is 13.0 Å². The molecule has 21 heavy (non-hydrogen) atoms. The van der Waals surface area contributed by atoms with Gasteiger partial charge in [0.25, 0.3) is 0 Å². The summed E-state index contributed by atoms with van der Waals surface area (Å²) in [6.07, 6.45) is 0.503. The summed E-state index contributed by atoms with van der Waals surface area (Å²) >= 11 is 0. The van der Waals surface area contributed by atoms with Gasteiger partial charge in [-0.3, -0.25) is 9.59 Å². The van der Waals surface area contributed by atoms with E-state index in [9.17, 15) is 9.59 Å². The zero-order valence-corrected chi connectivity index (χ0v) is 12.1. The summed E-state index contributed by atoms with van der Waals surface area (Å²) in [6, 6.07) is 5.77. The van der Waals surface area contributed by atoms with E-state index < -0.39 is 0 Å². The SMILES string of the molecule is CCNC1C(=O)Nc2cc(N3CCNC(=O)CC3)ccc21. The number of nitrogens with zero attached hydrogens (tertiary/aromatic N) is 1. The third-order valence-corrected chi connectivity index (χ3v) is 3.95. The highest BCUT2D eigenvalue weighted by molar-refractivity contribution is 6.03. The lowest BCUT2D eigenvalue weighted by molar-refractivity contribution is -0.120. The summed E-state index contributed by atoms with van der Waals surface area (Å²) in [5.41, 5.74) is 2.91. The van der Waals surface area contributed by atoms with Crippen LogP contribution >= 0.6 is 0 Å². The lowest BCUT2D eigenvalue weighted by Crippen LogP contribution is -2.28. The van der Waals surface area contributed by atoms with Crippen LogP contribution in [0.15, 0.2) is 18.2 Å². The standard InChI is InChI=1S/C15H20N4O2/c1-2-16-14-11-4-3-10(9-12(11)18-15(14)21)19-7-5-13(20)17-6-8-19/h3-4,9,14,16H,2,5-8H2,1H3,(H,17,20)(H,18,21). The van der Waals surface area contributed by atoms with Gasteiger partial charge in [-0.2, -0.15) is 0 Å². The Hall–Kier alpha value is -2.08. The van der Waals surface area contributed by atoms with Gasteiger partial charge >= 0.3 is 0 Å². The summed E-state index contributed by atoms with van der Waals surface area (Å²) in [4.78, 5) is 25.5. The van der Waals surface area contributed by atoms with Crippen molar-refractivity contribution in [3.05, 3.63) is 23.8 Å². The molecule has 3 rings (SSSR count). The summed E-state index contributed by atoms with van der Waals surface area (Å²) in [5, 5.41) is 8.98. The van der Waals surface area contributed by atoms with Crippen LogP contribution in [0.4, 0.5) is 11.4 Å². The number of anilines is 2. The Bertz CT molecular complexity index is 573. The number of rotatable bonds is 3. The molecule has 2 heterocycles. The molecule has 1 atom stereocenters. The average molecular weight is 288 g/mol. The van der Waals surface area contributed by atoms with Gasteiger partial charge in [-0.15, -0.1) is 0 Å². The lowest BCUT2D eigenvalue weighted by Gasteiger charge is -2.22. The molecular formula is C15H20N4O2. The maximum atomic E-state index is 12.0. The van der Waals surface area contributed by atoms with Crippen molar-refractivity contribution in [1.29, 1.82) is 0 Å². The molecule has 1 aromatic rings. The molecule has 2 amide bonds. The van der Waals surface area contributed by atoms with E-state index >= 15 is 0 Å². The minimum Gasteiger partial charge on any atom is -0.369 e. The molecule has 1 unspecified atom stereocenters. The number of carbonyl (C=O) groups is 2. The van der Waals surface area contributed by atoms with Crippen molar-refractivity contribution in [2.45, 2.75) is 19.4 Å². The maximum Gasteiger partial charge on any atom is 0.246 e. The van der Waals surface area contributed by atoms with Gasteiger partial charge < -0.3 is 20.9 Å². The molecule has 6 heteroatoms. The molecule has 0 aliphatic carbocycles. The van der Waals surface area contributed by atoms with Crippen molar-refractivity contribution in [1.82, 2.24) is 10.6 Å². The van der Waals surface area contributed by atoms with Crippen molar-refractivity contribution in [3.8, 4) is 0 Å². The molecule has 0 aromatic heterocycles. The first-order valence-corrected chi connectivity index (χ1v) is 7.39. The van der Waals surface area contributed by atoms with Gasteiger partial charge in [0.15, 0.2) is 0 Å². The van der Waals surface area contributed by atoms with E-state index in [1.807, 2.05) is 25.1 Å². The Morgan fingerprint density at radius 1 is 1.33 bits per heavy atom. The van der Waals surface area contributed by atoms with Crippen molar-refractivity contribution in [2.24, 2.45) is 0 Å². The second-order valence-electron chi connectivity index (χ2n) is 5.34. The summed E-state index contributed by atoms with van der Waals surface area (Å²) < 4.78 is 0. The fourth-order valence-electron chi connectivity index (χ4n) is 2.88. The van der Waals surface area contributed by atoms with E-state index in [2.05, 4.69) is 20.9 Å². The van der Waals surface area contributed by atoms with Crippen LogP contribution in [-0.2, 0) is 9.59 Å². The average Bonchev–Trinajstić information content (AvgIpc) is 2.64. The minimum absolute atomic E-state index is 0.00305. The predicted molar refractivity (Wildman–Crippen MR) is 81.3 cm³/mol. The molecule has 112 valence electrons. The zero-order chi connectivity index (χ0) is 14.8. The molecule has 2 aliphatic rings. The summed E-state index contributed by atoms with van der Waals surface area (Å²) in [6.45, 7) is 4.88. The van der Waals surface area contributed by atoms with Gasteiger partial charge in [-0.05, 0) is 18.7 Å². The molecule has 1 saturated heterocycles. The molecule has 0 bridgehead atoms. The van der Waals surface area contributed by atoms with Gasteiger partial charge in [0.2, 0.25) is 11.8 Å². The minimum atomic E-state index is -0.258. The third kappa shape index (κ3) is 2.71. The molecule has 2 aliphatic heterocycles. The topological polar surface area (TPSA) is 73.5 Å². The molecule has 6 nitrogen and oxygen atoms in total. The fraction of sp³-hybridized carbons (Fsp3) is 0.467. The van der Waals surface area contributed by atoms with Crippen LogP contribution in [0.1, 0.15) is 24.9 Å². The first-order chi connectivity index (χ1) is 10.2. The first kappa shape index (κ1) is 13.9. The van der Waals surface area contributed by atoms with Crippen LogP contribution in [0, 0.1) is 0 Å². The molecule has 1 fully saturated rings.